The molecule has 1 N–H and O–H groups in total. The highest BCUT2D eigenvalue weighted by molar-refractivity contribution is 5.77. The van der Waals surface area contributed by atoms with Crippen LogP contribution in [0.15, 0.2) is 48.5 Å². The van der Waals surface area contributed by atoms with Crippen molar-refractivity contribution in [2.75, 3.05) is 0 Å². The third-order valence-electron chi connectivity index (χ3n) is 3.18. The lowest BCUT2D eigenvalue weighted by atomic mass is 9.86. The third-order valence-corrected chi connectivity index (χ3v) is 3.18. The fourth-order valence-electron chi connectivity index (χ4n) is 2.31. The summed E-state index contributed by atoms with van der Waals surface area (Å²) in [5.74, 6) is 0.645. The van der Waals surface area contributed by atoms with Crippen molar-refractivity contribution in [2.45, 2.75) is 12.3 Å². The molecule has 0 aromatic heterocycles. The fourth-order valence-corrected chi connectivity index (χ4v) is 2.31. The number of phenolic OH excluding ortho intramolecular Hbond substituents is 1. The van der Waals surface area contributed by atoms with Crippen molar-refractivity contribution in [2.24, 2.45) is 0 Å². The summed E-state index contributed by atoms with van der Waals surface area (Å²) in [5.41, 5.74) is 2.03. The van der Waals surface area contributed by atoms with Crippen molar-refractivity contribution in [3.05, 3.63) is 59.7 Å². The van der Waals surface area contributed by atoms with E-state index in [2.05, 4.69) is 0 Å². The van der Waals surface area contributed by atoms with Crippen molar-refractivity contribution in [3.63, 3.8) is 0 Å². The second kappa shape index (κ2) is 4.18. The van der Waals surface area contributed by atoms with E-state index < -0.39 is 0 Å². The monoisotopic (exact) mass is 240 g/mol. The Morgan fingerprint density at radius 1 is 1.06 bits per heavy atom. The Balaban J connectivity index is 2.07. The van der Waals surface area contributed by atoms with Crippen LogP contribution in [0.25, 0.3) is 0 Å². The minimum atomic E-state index is -0.216. The summed E-state index contributed by atoms with van der Waals surface area (Å²) in [6, 6.07) is 14.5. The van der Waals surface area contributed by atoms with Gasteiger partial charge in [-0.2, -0.15) is 0 Å². The van der Waals surface area contributed by atoms with Crippen LogP contribution < -0.4 is 4.74 Å². The summed E-state index contributed by atoms with van der Waals surface area (Å²) in [7, 11) is 0. The van der Waals surface area contributed by atoms with Gasteiger partial charge in [0, 0.05) is 11.5 Å². The first kappa shape index (κ1) is 10.8. The molecule has 0 spiro atoms. The number of aromatic hydroxyl groups is 1. The Morgan fingerprint density at radius 3 is 2.56 bits per heavy atom. The van der Waals surface area contributed by atoms with E-state index in [4.69, 9.17) is 4.74 Å². The van der Waals surface area contributed by atoms with Crippen LogP contribution in [0.1, 0.15) is 23.5 Å². The Morgan fingerprint density at radius 2 is 1.78 bits per heavy atom. The number of phenols is 1. The number of carbonyl (C=O) groups is 1. The maximum atomic E-state index is 11.6. The molecule has 0 aliphatic carbocycles. The van der Waals surface area contributed by atoms with Crippen LogP contribution in [-0.2, 0) is 4.79 Å². The lowest BCUT2D eigenvalue weighted by Crippen LogP contribution is -2.20. The maximum absolute atomic E-state index is 11.6. The van der Waals surface area contributed by atoms with Gasteiger partial charge in [-0.05, 0) is 23.8 Å². The van der Waals surface area contributed by atoms with Gasteiger partial charge in [0.25, 0.3) is 0 Å². The van der Waals surface area contributed by atoms with Gasteiger partial charge in [0.2, 0.25) is 0 Å². The minimum absolute atomic E-state index is 0.00282. The van der Waals surface area contributed by atoms with E-state index in [1.807, 2.05) is 30.3 Å². The normalized spacial score (nSPS) is 18.0. The Labute approximate surface area is 105 Å². The molecule has 1 aliphatic rings. The van der Waals surface area contributed by atoms with Crippen molar-refractivity contribution in [1.82, 2.24) is 0 Å². The number of benzene rings is 2. The van der Waals surface area contributed by atoms with Gasteiger partial charge in [0.05, 0.1) is 6.42 Å². The van der Waals surface area contributed by atoms with Gasteiger partial charge in [-0.25, -0.2) is 0 Å². The molecular weight excluding hydrogens is 228 g/mol. The second-order valence-electron chi connectivity index (χ2n) is 4.36. The molecule has 3 heteroatoms. The van der Waals surface area contributed by atoms with E-state index in [1.165, 1.54) is 0 Å². The fraction of sp³-hybridized carbons (Fsp3) is 0.133. The number of rotatable bonds is 1. The highest BCUT2D eigenvalue weighted by atomic mass is 16.5. The molecular formula is C15H12O3. The average molecular weight is 240 g/mol. The van der Waals surface area contributed by atoms with Gasteiger partial charge in [-0.1, -0.05) is 30.3 Å². The lowest BCUT2D eigenvalue weighted by molar-refractivity contribution is -0.135. The Hall–Kier alpha value is -2.29. The standard InChI is InChI=1S/C15H12O3/c16-11-7-5-10(6-8-11)13-9-15(17)18-14-4-2-1-3-12(13)14/h1-8,13,16H,9H2. The van der Waals surface area contributed by atoms with E-state index in [0.717, 1.165) is 11.1 Å². The van der Waals surface area contributed by atoms with E-state index in [9.17, 15) is 9.90 Å². The predicted molar refractivity (Wildman–Crippen MR) is 66.6 cm³/mol. The van der Waals surface area contributed by atoms with Crippen LogP contribution in [-0.4, -0.2) is 11.1 Å². The molecule has 1 atom stereocenters. The lowest BCUT2D eigenvalue weighted by Gasteiger charge is -2.24. The minimum Gasteiger partial charge on any atom is -0.508 e. The number of esters is 1. The van der Waals surface area contributed by atoms with Gasteiger partial charge in [0.1, 0.15) is 11.5 Å². The van der Waals surface area contributed by atoms with E-state index >= 15 is 0 Å². The summed E-state index contributed by atoms with van der Waals surface area (Å²) in [6.07, 6.45) is 0.335. The summed E-state index contributed by atoms with van der Waals surface area (Å²) in [5, 5.41) is 9.31. The molecule has 0 bridgehead atoms. The number of fused-ring (bicyclic) bond motifs is 1. The predicted octanol–water partition coefficient (Wildman–Crippen LogP) is 2.83. The van der Waals surface area contributed by atoms with Crippen molar-refractivity contribution < 1.29 is 14.6 Å². The van der Waals surface area contributed by atoms with E-state index in [1.54, 1.807) is 18.2 Å². The molecule has 1 unspecified atom stereocenters. The molecule has 2 aromatic carbocycles. The smallest absolute Gasteiger partial charge is 0.312 e. The van der Waals surface area contributed by atoms with Crippen LogP contribution in [0.4, 0.5) is 0 Å². The topological polar surface area (TPSA) is 46.5 Å². The summed E-state index contributed by atoms with van der Waals surface area (Å²) < 4.78 is 5.22. The van der Waals surface area contributed by atoms with Gasteiger partial charge < -0.3 is 9.84 Å². The Bertz CT molecular complexity index is 587. The quantitative estimate of drug-likeness (QED) is 0.616. The van der Waals surface area contributed by atoms with E-state index in [0.29, 0.717) is 12.2 Å². The van der Waals surface area contributed by atoms with Gasteiger partial charge in [0.15, 0.2) is 0 Å². The number of para-hydroxylation sites is 1. The highest BCUT2D eigenvalue weighted by Gasteiger charge is 2.27. The molecule has 0 saturated heterocycles. The van der Waals surface area contributed by atoms with Gasteiger partial charge in [-0.15, -0.1) is 0 Å². The van der Waals surface area contributed by atoms with Crippen molar-refractivity contribution in [1.29, 1.82) is 0 Å². The molecule has 1 heterocycles. The number of hydrogen-bond donors (Lipinski definition) is 1. The third kappa shape index (κ3) is 1.84. The zero-order valence-corrected chi connectivity index (χ0v) is 9.67. The number of hydrogen-bond acceptors (Lipinski definition) is 3. The molecule has 3 rings (SSSR count). The van der Waals surface area contributed by atoms with Crippen LogP contribution in [0, 0.1) is 0 Å². The first-order chi connectivity index (χ1) is 8.74. The average Bonchev–Trinajstić information content (AvgIpc) is 2.38. The van der Waals surface area contributed by atoms with Crippen LogP contribution in [0.3, 0.4) is 0 Å². The second-order valence-corrected chi connectivity index (χ2v) is 4.36. The molecule has 90 valence electrons. The molecule has 0 amide bonds. The number of carbonyl (C=O) groups excluding carboxylic acids is 1. The van der Waals surface area contributed by atoms with Crippen LogP contribution >= 0.6 is 0 Å². The molecule has 0 radical (unpaired) electrons. The molecule has 1 aliphatic heterocycles. The highest BCUT2D eigenvalue weighted by Crippen LogP contribution is 2.38. The van der Waals surface area contributed by atoms with Crippen LogP contribution in [0.2, 0.25) is 0 Å². The molecule has 3 nitrogen and oxygen atoms in total. The first-order valence-corrected chi connectivity index (χ1v) is 5.82. The molecule has 18 heavy (non-hydrogen) atoms. The van der Waals surface area contributed by atoms with E-state index in [-0.39, 0.29) is 17.6 Å². The first-order valence-electron chi connectivity index (χ1n) is 5.82. The van der Waals surface area contributed by atoms with Crippen molar-refractivity contribution >= 4 is 5.97 Å². The SMILES string of the molecule is O=C1CC(c2ccc(O)cc2)c2ccccc2O1. The molecule has 2 aromatic rings. The largest absolute Gasteiger partial charge is 0.508 e. The van der Waals surface area contributed by atoms with Gasteiger partial charge >= 0.3 is 5.97 Å². The maximum Gasteiger partial charge on any atom is 0.312 e. The zero-order chi connectivity index (χ0) is 12.5. The van der Waals surface area contributed by atoms with Crippen molar-refractivity contribution in [3.8, 4) is 11.5 Å². The Kier molecular flexibility index (Phi) is 2.52. The molecule has 0 fully saturated rings. The van der Waals surface area contributed by atoms with Gasteiger partial charge in [-0.3, -0.25) is 4.79 Å². The summed E-state index contributed by atoms with van der Waals surface area (Å²) >= 11 is 0. The van der Waals surface area contributed by atoms with Crippen LogP contribution in [0.5, 0.6) is 11.5 Å². The zero-order valence-electron chi connectivity index (χ0n) is 9.67. The molecule has 0 saturated carbocycles. The number of ether oxygens (including phenoxy) is 1. The summed E-state index contributed by atoms with van der Waals surface area (Å²) in [6.45, 7) is 0. The summed E-state index contributed by atoms with van der Waals surface area (Å²) in [4.78, 5) is 11.6.